The van der Waals surface area contributed by atoms with E-state index in [1.54, 1.807) is 17.5 Å². The molecule has 5 heteroatoms. The first-order valence-corrected chi connectivity index (χ1v) is 6.74. The van der Waals surface area contributed by atoms with Crippen LogP contribution in [0.25, 0.3) is 10.4 Å². The van der Waals surface area contributed by atoms with Gasteiger partial charge in [0.15, 0.2) is 0 Å². The van der Waals surface area contributed by atoms with Gasteiger partial charge in [0, 0.05) is 18.7 Å². The van der Waals surface area contributed by atoms with Crippen molar-refractivity contribution in [3.63, 3.8) is 0 Å². The molecule has 1 atom stereocenters. The number of piperidine rings is 1. The Morgan fingerprint density at radius 1 is 1.47 bits per heavy atom. The minimum absolute atomic E-state index is 0.572. The van der Waals surface area contributed by atoms with Gasteiger partial charge in [0.25, 0.3) is 0 Å². The van der Waals surface area contributed by atoms with E-state index in [0.29, 0.717) is 5.92 Å². The normalized spacial score (nSPS) is 20.6. The first-order chi connectivity index (χ1) is 8.34. The van der Waals surface area contributed by atoms with Gasteiger partial charge in [0.2, 0.25) is 0 Å². The molecule has 1 N–H and O–H groups in total. The predicted octanol–water partition coefficient (Wildman–Crippen LogP) is 2.57. The van der Waals surface area contributed by atoms with E-state index in [0.717, 1.165) is 29.3 Å². The molecular formula is C12H15N3OS. The van der Waals surface area contributed by atoms with Crippen molar-refractivity contribution in [3.05, 3.63) is 23.2 Å². The van der Waals surface area contributed by atoms with Gasteiger partial charge >= 0.3 is 0 Å². The smallest absolute Gasteiger partial charge is 0.142 e. The second-order valence-corrected chi connectivity index (χ2v) is 5.46. The molecule has 1 fully saturated rings. The molecule has 0 bridgehead atoms. The average molecular weight is 249 g/mol. The quantitative estimate of drug-likeness (QED) is 0.888. The van der Waals surface area contributed by atoms with Crippen LogP contribution in [0.3, 0.4) is 0 Å². The van der Waals surface area contributed by atoms with Crippen molar-refractivity contribution in [2.75, 3.05) is 13.1 Å². The summed E-state index contributed by atoms with van der Waals surface area (Å²) in [5.74, 6) is 1.43. The van der Waals surface area contributed by atoms with E-state index in [2.05, 4.69) is 15.5 Å². The van der Waals surface area contributed by atoms with Crippen molar-refractivity contribution in [2.24, 2.45) is 0 Å². The Hall–Kier alpha value is -1.20. The Kier molecular flexibility index (Phi) is 2.94. The van der Waals surface area contributed by atoms with E-state index in [-0.39, 0.29) is 0 Å². The molecule has 3 heterocycles. The van der Waals surface area contributed by atoms with Crippen molar-refractivity contribution in [2.45, 2.75) is 25.7 Å². The fourth-order valence-electron chi connectivity index (χ4n) is 2.20. The second kappa shape index (κ2) is 4.58. The summed E-state index contributed by atoms with van der Waals surface area (Å²) in [6, 6.07) is 0. The standard InChI is InChI=1S/C12H15N3OS/c1-8-10(6-15-16-8)11-7-14-12(17-11)9-3-2-4-13-5-9/h6-7,9,13H,2-5H2,1H3. The van der Waals surface area contributed by atoms with Crippen molar-refractivity contribution < 1.29 is 4.52 Å². The molecule has 1 saturated heterocycles. The SMILES string of the molecule is Cc1oncc1-c1cnc(C2CCCNC2)s1. The van der Waals surface area contributed by atoms with Gasteiger partial charge in [-0.15, -0.1) is 11.3 Å². The van der Waals surface area contributed by atoms with E-state index >= 15 is 0 Å². The Labute approximate surface area is 104 Å². The highest BCUT2D eigenvalue weighted by Gasteiger charge is 2.19. The number of hydrogen-bond donors (Lipinski definition) is 1. The maximum absolute atomic E-state index is 5.09. The van der Waals surface area contributed by atoms with Gasteiger partial charge in [0.05, 0.1) is 21.6 Å². The molecule has 0 radical (unpaired) electrons. The lowest BCUT2D eigenvalue weighted by molar-refractivity contribution is 0.398. The third kappa shape index (κ3) is 2.12. The summed E-state index contributed by atoms with van der Waals surface area (Å²) in [6.45, 7) is 4.12. The highest BCUT2D eigenvalue weighted by molar-refractivity contribution is 7.15. The number of hydrogen-bond acceptors (Lipinski definition) is 5. The fourth-order valence-corrected chi connectivity index (χ4v) is 3.31. The Morgan fingerprint density at radius 3 is 3.12 bits per heavy atom. The van der Waals surface area contributed by atoms with Gasteiger partial charge in [-0.2, -0.15) is 0 Å². The number of aryl methyl sites for hydroxylation is 1. The minimum atomic E-state index is 0.572. The Bertz CT molecular complexity index is 499. The minimum Gasteiger partial charge on any atom is -0.361 e. The van der Waals surface area contributed by atoms with Crippen LogP contribution >= 0.6 is 11.3 Å². The molecule has 0 amide bonds. The van der Waals surface area contributed by atoms with Gasteiger partial charge in [-0.25, -0.2) is 4.98 Å². The summed E-state index contributed by atoms with van der Waals surface area (Å²) < 4.78 is 5.09. The van der Waals surface area contributed by atoms with Gasteiger partial charge < -0.3 is 9.84 Å². The van der Waals surface area contributed by atoms with E-state index < -0.39 is 0 Å². The topological polar surface area (TPSA) is 51.0 Å². The third-order valence-corrected chi connectivity index (χ3v) is 4.38. The van der Waals surface area contributed by atoms with Crippen LogP contribution < -0.4 is 5.32 Å². The average Bonchev–Trinajstić information content (AvgIpc) is 2.98. The molecule has 0 aromatic carbocycles. The summed E-state index contributed by atoms with van der Waals surface area (Å²) in [5.41, 5.74) is 1.07. The molecule has 1 aliphatic heterocycles. The third-order valence-electron chi connectivity index (χ3n) is 3.19. The lowest BCUT2D eigenvalue weighted by Crippen LogP contribution is -2.28. The molecular weight excluding hydrogens is 234 g/mol. The summed E-state index contributed by atoms with van der Waals surface area (Å²) in [7, 11) is 0. The zero-order valence-electron chi connectivity index (χ0n) is 9.77. The molecule has 3 rings (SSSR count). The van der Waals surface area contributed by atoms with Crippen LogP contribution in [0.4, 0.5) is 0 Å². The van der Waals surface area contributed by atoms with E-state index in [1.807, 2.05) is 13.1 Å². The zero-order valence-corrected chi connectivity index (χ0v) is 10.6. The molecule has 0 spiro atoms. The van der Waals surface area contributed by atoms with Gasteiger partial charge in [-0.05, 0) is 26.3 Å². The molecule has 2 aromatic rings. The number of nitrogens with one attached hydrogen (secondary N) is 1. The van der Waals surface area contributed by atoms with Crippen LogP contribution in [0.15, 0.2) is 16.9 Å². The summed E-state index contributed by atoms with van der Waals surface area (Å²) in [4.78, 5) is 5.70. The molecule has 0 aliphatic carbocycles. The van der Waals surface area contributed by atoms with Crippen LogP contribution in [0.1, 0.15) is 29.5 Å². The predicted molar refractivity (Wildman–Crippen MR) is 67.2 cm³/mol. The molecule has 0 saturated carbocycles. The summed E-state index contributed by atoms with van der Waals surface area (Å²) in [5, 5.41) is 8.47. The maximum atomic E-state index is 5.09. The van der Waals surface area contributed by atoms with Crippen LogP contribution in [0.2, 0.25) is 0 Å². The largest absolute Gasteiger partial charge is 0.361 e. The van der Waals surface area contributed by atoms with Crippen molar-refractivity contribution in [1.82, 2.24) is 15.5 Å². The van der Waals surface area contributed by atoms with Gasteiger partial charge in [-0.3, -0.25) is 0 Å². The van der Waals surface area contributed by atoms with E-state index in [1.165, 1.54) is 17.8 Å². The Balaban J connectivity index is 1.85. The first-order valence-electron chi connectivity index (χ1n) is 5.92. The molecule has 1 aliphatic rings. The van der Waals surface area contributed by atoms with Crippen LogP contribution in [0, 0.1) is 6.92 Å². The maximum Gasteiger partial charge on any atom is 0.142 e. The molecule has 1 unspecified atom stereocenters. The highest BCUT2D eigenvalue weighted by atomic mass is 32.1. The molecule has 4 nitrogen and oxygen atoms in total. The van der Waals surface area contributed by atoms with Crippen LogP contribution in [-0.4, -0.2) is 23.2 Å². The number of nitrogens with zero attached hydrogens (tertiary/aromatic N) is 2. The van der Waals surface area contributed by atoms with Gasteiger partial charge in [-0.1, -0.05) is 5.16 Å². The van der Waals surface area contributed by atoms with Crippen LogP contribution in [0.5, 0.6) is 0 Å². The van der Waals surface area contributed by atoms with Crippen molar-refractivity contribution in [3.8, 4) is 10.4 Å². The monoisotopic (exact) mass is 249 g/mol. The van der Waals surface area contributed by atoms with Crippen LogP contribution in [-0.2, 0) is 0 Å². The van der Waals surface area contributed by atoms with Crippen molar-refractivity contribution >= 4 is 11.3 Å². The lowest BCUT2D eigenvalue weighted by Gasteiger charge is -2.20. The number of aromatic nitrogens is 2. The second-order valence-electron chi connectivity index (χ2n) is 4.40. The molecule has 17 heavy (non-hydrogen) atoms. The summed E-state index contributed by atoms with van der Waals surface area (Å²) >= 11 is 1.76. The molecule has 90 valence electrons. The lowest BCUT2D eigenvalue weighted by atomic mass is 10.0. The summed E-state index contributed by atoms with van der Waals surface area (Å²) in [6.07, 6.45) is 6.19. The number of rotatable bonds is 2. The van der Waals surface area contributed by atoms with Gasteiger partial charge in [0.1, 0.15) is 5.76 Å². The Morgan fingerprint density at radius 2 is 2.41 bits per heavy atom. The number of thiazole rings is 1. The van der Waals surface area contributed by atoms with E-state index in [4.69, 9.17) is 4.52 Å². The van der Waals surface area contributed by atoms with Crippen molar-refractivity contribution in [1.29, 1.82) is 0 Å². The highest BCUT2D eigenvalue weighted by Crippen LogP contribution is 2.33. The fraction of sp³-hybridized carbons (Fsp3) is 0.500. The molecule has 2 aromatic heterocycles. The zero-order chi connectivity index (χ0) is 11.7. The van der Waals surface area contributed by atoms with E-state index in [9.17, 15) is 0 Å². The first kappa shape index (κ1) is 10.9.